The van der Waals surface area contributed by atoms with Crippen molar-refractivity contribution in [3.05, 3.63) is 35.7 Å². The Morgan fingerprint density at radius 3 is 2.70 bits per heavy atom. The summed E-state index contributed by atoms with van der Waals surface area (Å²) in [6.07, 6.45) is 0.350. The largest absolute Gasteiger partial charge is 0.475 e. The summed E-state index contributed by atoms with van der Waals surface area (Å²) in [5, 5.41) is 8.99. The number of hydrogen-bond donors (Lipinski definition) is 1. The molecule has 1 aromatic heterocycles. The number of rotatable bonds is 5. The van der Waals surface area contributed by atoms with E-state index in [0.29, 0.717) is 6.42 Å². The average molecular weight is 283 g/mol. The zero-order valence-corrected chi connectivity index (χ0v) is 10.5. The number of carboxylic acid groups (broad SMARTS) is 1. The Hall–Kier alpha value is -2.44. The van der Waals surface area contributed by atoms with Crippen LogP contribution in [0.3, 0.4) is 0 Å². The molecule has 1 heterocycles. The van der Waals surface area contributed by atoms with Gasteiger partial charge in [0.2, 0.25) is 11.7 Å². The zero-order valence-electron chi connectivity index (χ0n) is 10.5. The third-order valence-corrected chi connectivity index (χ3v) is 2.56. The minimum Gasteiger partial charge on any atom is -0.475 e. The van der Waals surface area contributed by atoms with Gasteiger partial charge in [0.05, 0.1) is 11.3 Å². The third-order valence-electron chi connectivity index (χ3n) is 2.56. The SMILES string of the molecule is CCc1nc(-c2ccccc2OC(F)F)oc1C(=O)O. The minimum absolute atomic E-state index is 0.0597. The zero-order chi connectivity index (χ0) is 14.7. The molecule has 0 saturated heterocycles. The molecular formula is C13H11F2NO4. The number of aromatic carboxylic acids is 1. The summed E-state index contributed by atoms with van der Waals surface area (Å²) in [6, 6.07) is 5.90. The molecule has 0 aliphatic heterocycles. The molecule has 2 aromatic rings. The third kappa shape index (κ3) is 2.76. The Kier molecular flexibility index (Phi) is 3.97. The van der Waals surface area contributed by atoms with Crippen molar-refractivity contribution < 1.29 is 27.8 Å². The Labute approximate surface area is 112 Å². The lowest BCUT2D eigenvalue weighted by atomic mass is 10.2. The summed E-state index contributed by atoms with van der Waals surface area (Å²) in [7, 11) is 0. The van der Waals surface area contributed by atoms with Crippen molar-refractivity contribution in [3.8, 4) is 17.2 Å². The van der Waals surface area contributed by atoms with Gasteiger partial charge in [-0.05, 0) is 18.6 Å². The van der Waals surface area contributed by atoms with Gasteiger partial charge in [0.1, 0.15) is 5.75 Å². The molecule has 0 spiro atoms. The fraction of sp³-hybridized carbons (Fsp3) is 0.231. The molecule has 0 radical (unpaired) electrons. The number of halogens is 2. The first-order valence-electron chi connectivity index (χ1n) is 5.80. The van der Waals surface area contributed by atoms with Crippen LogP contribution in [-0.2, 0) is 6.42 Å². The second-order valence-corrected chi connectivity index (χ2v) is 3.83. The van der Waals surface area contributed by atoms with E-state index in [9.17, 15) is 13.6 Å². The molecule has 7 heteroatoms. The van der Waals surface area contributed by atoms with Gasteiger partial charge in [-0.1, -0.05) is 19.1 Å². The van der Waals surface area contributed by atoms with Gasteiger partial charge in [-0.3, -0.25) is 0 Å². The maximum Gasteiger partial charge on any atom is 0.387 e. The average Bonchev–Trinajstić information content (AvgIpc) is 2.83. The fourth-order valence-electron chi connectivity index (χ4n) is 1.72. The number of carboxylic acids is 1. The van der Waals surface area contributed by atoms with Crippen molar-refractivity contribution in [2.45, 2.75) is 20.0 Å². The van der Waals surface area contributed by atoms with Gasteiger partial charge >= 0.3 is 12.6 Å². The molecule has 20 heavy (non-hydrogen) atoms. The highest BCUT2D eigenvalue weighted by Crippen LogP contribution is 2.31. The summed E-state index contributed by atoms with van der Waals surface area (Å²) in [4.78, 5) is 15.0. The van der Waals surface area contributed by atoms with Crippen LogP contribution >= 0.6 is 0 Å². The molecule has 0 atom stereocenters. The van der Waals surface area contributed by atoms with Gasteiger partial charge in [0.25, 0.3) is 0 Å². The van der Waals surface area contributed by atoms with Crippen LogP contribution in [0.5, 0.6) is 5.75 Å². The number of nitrogens with zero attached hydrogens (tertiary/aromatic N) is 1. The predicted octanol–water partition coefficient (Wildman–Crippen LogP) is 3.20. The van der Waals surface area contributed by atoms with E-state index in [1.807, 2.05) is 0 Å². The van der Waals surface area contributed by atoms with Crippen LogP contribution < -0.4 is 4.74 Å². The van der Waals surface area contributed by atoms with E-state index in [1.54, 1.807) is 13.0 Å². The van der Waals surface area contributed by atoms with Gasteiger partial charge in [-0.15, -0.1) is 0 Å². The number of benzene rings is 1. The first-order valence-corrected chi connectivity index (χ1v) is 5.80. The number of alkyl halides is 2. The van der Waals surface area contributed by atoms with E-state index in [0.717, 1.165) is 0 Å². The predicted molar refractivity (Wildman–Crippen MR) is 64.9 cm³/mol. The van der Waals surface area contributed by atoms with E-state index in [-0.39, 0.29) is 28.7 Å². The van der Waals surface area contributed by atoms with Crippen LogP contribution in [0.4, 0.5) is 8.78 Å². The number of para-hydroxylation sites is 1. The van der Waals surface area contributed by atoms with Crippen LogP contribution in [0.25, 0.3) is 11.5 Å². The number of oxazole rings is 1. The maximum atomic E-state index is 12.3. The van der Waals surface area contributed by atoms with Crippen LogP contribution in [0.1, 0.15) is 23.2 Å². The van der Waals surface area contributed by atoms with E-state index in [2.05, 4.69) is 9.72 Å². The van der Waals surface area contributed by atoms with Crippen molar-refractivity contribution in [2.75, 3.05) is 0 Å². The molecular weight excluding hydrogens is 272 g/mol. The van der Waals surface area contributed by atoms with Crippen LogP contribution in [0, 0.1) is 0 Å². The van der Waals surface area contributed by atoms with Crippen LogP contribution in [0.2, 0.25) is 0 Å². The molecule has 0 saturated carbocycles. The molecule has 0 unspecified atom stereocenters. The Bertz CT molecular complexity index is 625. The highest BCUT2D eigenvalue weighted by atomic mass is 19.3. The molecule has 0 fully saturated rings. The number of aryl methyl sites for hydroxylation is 1. The first kappa shape index (κ1) is 14.0. The molecule has 0 amide bonds. The normalized spacial score (nSPS) is 10.8. The lowest BCUT2D eigenvalue weighted by Gasteiger charge is -2.07. The molecule has 1 N–H and O–H groups in total. The topological polar surface area (TPSA) is 72.6 Å². The number of carbonyl (C=O) groups is 1. The summed E-state index contributed by atoms with van der Waals surface area (Å²) in [5.41, 5.74) is 0.425. The second-order valence-electron chi connectivity index (χ2n) is 3.83. The molecule has 0 bridgehead atoms. The van der Waals surface area contributed by atoms with E-state index in [1.165, 1.54) is 18.2 Å². The lowest BCUT2D eigenvalue weighted by molar-refractivity contribution is -0.0495. The van der Waals surface area contributed by atoms with Crippen molar-refractivity contribution in [1.82, 2.24) is 4.98 Å². The smallest absolute Gasteiger partial charge is 0.387 e. The highest BCUT2D eigenvalue weighted by molar-refractivity contribution is 5.86. The fourth-order valence-corrected chi connectivity index (χ4v) is 1.72. The maximum absolute atomic E-state index is 12.3. The van der Waals surface area contributed by atoms with E-state index in [4.69, 9.17) is 9.52 Å². The molecule has 1 aromatic carbocycles. The Balaban J connectivity index is 2.49. The minimum atomic E-state index is -2.99. The Morgan fingerprint density at radius 1 is 1.45 bits per heavy atom. The van der Waals surface area contributed by atoms with Crippen LogP contribution in [0.15, 0.2) is 28.7 Å². The van der Waals surface area contributed by atoms with Crippen molar-refractivity contribution in [3.63, 3.8) is 0 Å². The van der Waals surface area contributed by atoms with Gasteiger partial charge in [-0.25, -0.2) is 9.78 Å². The Morgan fingerprint density at radius 2 is 2.15 bits per heavy atom. The monoisotopic (exact) mass is 283 g/mol. The molecule has 106 valence electrons. The quantitative estimate of drug-likeness (QED) is 0.912. The molecule has 2 rings (SSSR count). The highest BCUT2D eigenvalue weighted by Gasteiger charge is 2.21. The van der Waals surface area contributed by atoms with Gasteiger partial charge in [0, 0.05) is 0 Å². The number of aromatic nitrogens is 1. The lowest BCUT2D eigenvalue weighted by Crippen LogP contribution is -2.03. The van der Waals surface area contributed by atoms with E-state index < -0.39 is 12.6 Å². The molecule has 5 nitrogen and oxygen atoms in total. The first-order chi connectivity index (χ1) is 9.52. The summed E-state index contributed by atoms with van der Waals surface area (Å²) in [5.74, 6) is -1.74. The second kappa shape index (κ2) is 5.68. The van der Waals surface area contributed by atoms with Gasteiger partial charge in [0.15, 0.2) is 0 Å². The van der Waals surface area contributed by atoms with Crippen molar-refractivity contribution in [2.24, 2.45) is 0 Å². The molecule has 0 aliphatic carbocycles. The standard InChI is InChI=1S/C13H11F2NO4/c1-2-8-10(12(17)18)20-11(16-8)7-5-3-4-6-9(7)19-13(14)15/h3-6,13H,2H2,1H3,(H,17,18). The van der Waals surface area contributed by atoms with Gasteiger partial charge in [-0.2, -0.15) is 8.78 Å². The number of hydrogen-bond acceptors (Lipinski definition) is 4. The van der Waals surface area contributed by atoms with Gasteiger partial charge < -0.3 is 14.3 Å². The summed E-state index contributed by atoms with van der Waals surface area (Å²) in [6.45, 7) is -1.27. The number of ether oxygens (including phenoxy) is 1. The molecule has 0 aliphatic rings. The van der Waals surface area contributed by atoms with Crippen molar-refractivity contribution >= 4 is 5.97 Å². The summed E-state index contributed by atoms with van der Waals surface area (Å²) >= 11 is 0. The van der Waals surface area contributed by atoms with Crippen LogP contribution in [-0.4, -0.2) is 22.7 Å². The van der Waals surface area contributed by atoms with E-state index >= 15 is 0 Å². The summed E-state index contributed by atoms with van der Waals surface area (Å²) < 4.78 is 34.2. The van der Waals surface area contributed by atoms with Crippen molar-refractivity contribution in [1.29, 1.82) is 0 Å².